The standard InChI is InChI=1S/C14H22N2OS/c1-10-8-18-9-12(10)7-15-11(2)14(17)16-13-5-3-4-6-13/h8-9,11,13,15H,3-7H2,1-2H3,(H,16,17). The smallest absolute Gasteiger partial charge is 0.237 e. The monoisotopic (exact) mass is 266 g/mol. The summed E-state index contributed by atoms with van der Waals surface area (Å²) < 4.78 is 0. The van der Waals surface area contributed by atoms with Crippen molar-refractivity contribution in [2.45, 2.75) is 58.2 Å². The minimum absolute atomic E-state index is 0.120. The van der Waals surface area contributed by atoms with Crippen molar-refractivity contribution in [2.24, 2.45) is 0 Å². The Morgan fingerprint density at radius 3 is 2.78 bits per heavy atom. The van der Waals surface area contributed by atoms with E-state index in [4.69, 9.17) is 0 Å². The molecule has 0 bridgehead atoms. The van der Waals surface area contributed by atoms with E-state index >= 15 is 0 Å². The van der Waals surface area contributed by atoms with E-state index in [2.05, 4.69) is 28.3 Å². The zero-order valence-corrected chi connectivity index (χ0v) is 12.0. The Labute approximate surface area is 113 Å². The number of nitrogens with one attached hydrogen (secondary N) is 2. The largest absolute Gasteiger partial charge is 0.352 e. The molecule has 0 radical (unpaired) electrons. The molecule has 100 valence electrons. The third-order valence-corrected chi connectivity index (χ3v) is 4.57. The third kappa shape index (κ3) is 3.56. The maximum Gasteiger partial charge on any atom is 0.237 e. The summed E-state index contributed by atoms with van der Waals surface area (Å²) >= 11 is 1.71. The van der Waals surface area contributed by atoms with Crippen LogP contribution in [-0.4, -0.2) is 18.0 Å². The second-order valence-corrected chi connectivity index (χ2v) is 5.92. The maximum absolute atomic E-state index is 12.0. The highest BCUT2D eigenvalue weighted by molar-refractivity contribution is 7.08. The molecule has 1 amide bonds. The molecular formula is C14H22N2OS. The molecule has 1 atom stereocenters. The second-order valence-electron chi connectivity index (χ2n) is 5.17. The van der Waals surface area contributed by atoms with Crippen LogP contribution in [0.3, 0.4) is 0 Å². The van der Waals surface area contributed by atoms with Crippen LogP contribution < -0.4 is 10.6 Å². The lowest BCUT2D eigenvalue weighted by atomic mass is 10.2. The SMILES string of the molecule is Cc1cscc1CNC(C)C(=O)NC1CCCC1. The van der Waals surface area contributed by atoms with Gasteiger partial charge in [-0.1, -0.05) is 12.8 Å². The molecule has 2 rings (SSSR count). The molecule has 1 aromatic rings. The Balaban J connectivity index is 1.75. The van der Waals surface area contributed by atoms with Crippen LogP contribution in [-0.2, 0) is 11.3 Å². The van der Waals surface area contributed by atoms with Gasteiger partial charge >= 0.3 is 0 Å². The van der Waals surface area contributed by atoms with Gasteiger partial charge in [0.05, 0.1) is 6.04 Å². The fraction of sp³-hybridized carbons (Fsp3) is 0.643. The van der Waals surface area contributed by atoms with E-state index in [1.807, 2.05) is 6.92 Å². The molecule has 1 heterocycles. The van der Waals surface area contributed by atoms with E-state index in [1.165, 1.54) is 24.0 Å². The van der Waals surface area contributed by atoms with Gasteiger partial charge in [-0.05, 0) is 48.6 Å². The van der Waals surface area contributed by atoms with Gasteiger partial charge in [0.1, 0.15) is 0 Å². The molecule has 2 N–H and O–H groups in total. The topological polar surface area (TPSA) is 41.1 Å². The number of amides is 1. The summed E-state index contributed by atoms with van der Waals surface area (Å²) in [7, 11) is 0. The minimum atomic E-state index is -0.120. The van der Waals surface area contributed by atoms with E-state index < -0.39 is 0 Å². The van der Waals surface area contributed by atoms with Gasteiger partial charge < -0.3 is 10.6 Å². The molecule has 1 unspecified atom stereocenters. The summed E-state index contributed by atoms with van der Waals surface area (Å²) in [5.41, 5.74) is 2.59. The molecule has 18 heavy (non-hydrogen) atoms. The predicted octanol–water partition coefficient (Wildman–Crippen LogP) is 2.59. The molecule has 1 aliphatic carbocycles. The van der Waals surface area contributed by atoms with Gasteiger partial charge in [0.2, 0.25) is 5.91 Å². The molecule has 1 fully saturated rings. The Kier molecular flexibility index (Phi) is 4.78. The highest BCUT2D eigenvalue weighted by atomic mass is 32.1. The van der Waals surface area contributed by atoms with Crippen LogP contribution in [0.1, 0.15) is 43.7 Å². The van der Waals surface area contributed by atoms with Crippen LogP contribution in [0, 0.1) is 6.92 Å². The van der Waals surface area contributed by atoms with Crippen molar-refractivity contribution in [3.05, 3.63) is 21.9 Å². The predicted molar refractivity (Wildman–Crippen MR) is 75.8 cm³/mol. The zero-order chi connectivity index (χ0) is 13.0. The summed E-state index contributed by atoms with van der Waals surface area (Å²) in [4.78, 5) is 12.0. The zero-order valence-electron chi connectivity index (χ0n) is 11.2. The minimum Gasteiger partial charge on any atom is -0.352 e. The van der Waals surface area contributed by atoms with Crippen LogP contribution >= 0.6 is 11.3 Å². The van der Waals surface area contributed by atoms with Gasteiger partial charge in [-0.25, -0.2) is 0 Å². The van der Waals surface area contributed by atoms with Gasteiger partial charge in [0, 0.05) is 12.6 Å². The quantitative estimate of drug-likeness (QED) is 0.860. The van der Waals surface area contributed by atoms with E-state index in [9.17, 15) is 4.79 Å². The molecular weight excluding hydrogens is 244 g/mol. The first-order valence-electron chi connectivity index (χ1n) is 6.72. The van der Waals surface area contributed by atoms with Crippen molar-refractivity contribution in [3.8, 4) is 0 Å². The van der Waals surface area contributed by atoms with E-state index in [-0.39, 0.29) is 11.9 Å². The highest BCUT2D eigenvalue weighted by Crippen LogP contribution is 2.17. The van der Waals surface area contributed by atoms with Gasteiger partial charge in [-0.2, -0.15) is 11.3 Å². The summed E-state index contributed by atoms with van der Waals surface area (Å²) in [5, 5.41) is 10.7. The van der Waals surface area contributed by atoms with Crippen molar-refractivity contribution in [2.75, 3.05) is 0 Å². The molecule has 0 saturated heterocycles. The lowest BCUT2D eigenvalue weighted by molar-refractivity contribution is -0.123. The van der Waals surface area contributed by atoms with Crippen molar-refractivity contribution in [3.63, 3.8) is 0 Å². The molecule has 3 nitrogen and oxygen atoms in total. The average molecular weight is 266 g/mol. The first-order valence-corrected chi connectivity index (χ1v) is 7.66. The van der Waals surface area contributed by atoms with Crippen LogP contribution in [0.2, 0.25) is 0 Å². The molecule has 1 saturated carbocycles. The molecule has 1 aliphatic rings. The van der Waals surface area contributed by atoms with Crippen LogP contribution in [0.4, 0.5) is 0 Å². The van der Waals surface area contributed by atoms with Gasteiger partial charge in [-0.15, -0.1) is 0 Å². The Morgan fingerprint density at radius 1 is 1.44 bits per heavy atom. The van der Waals surface area contributed by atoms with Gasteiger partial charge in [0.25, 0.3) is 0 Å². The lowest BCUT2D eigenvalue weighted by Crippen LogP contribution is -2.45. The molecule has 4 heteroatoms. The average Bonchev–Trinajstić information content (AvgIpc) is 2.98. The molecule has 0 aromatic carbocycles. The van der Waals surface area contributed by atoms with Crippen LogP contribution in [0.15, 0.2) is 10.8 Å². The van der Waals surface area contributed by atoms with Crippen molar-refractivity contribution in [1.29, 1.82) is 0 Å². The van der Waals surface area contributed by atoms with Crippen molar-refractivity contribution >= 4 is 17.2 Å². The molecule has 1 aromatic heterocycles. The first kappa shape index (κ1) is 13.6. The Bertz CT molecular complexity index is 396. The van der Waals surface area contributed by atoms with Crippen molar-refractivity contribution in [1.82, 2.24) is 10.6 Å². The summed E-state index contributed by atoms with van der Waals surface area (Å²) in [5.74, 6) is 0.134. The van der Waals surface area contributed by atoms with E-state index in [1.54, 1.807) is 11.3 Å². The number of thiophene rings is 1. The Hall–Kier alpha value is -0.870. The first-order chi connectivity index (χ1) is 8.66. The summed E-state index contributed by atoms with van der Waals surface area (Å²) in [6.07, 6.45) is 4.78. The number of aryl methyl sites for hydroxylation is 1. The fourth-order valence-electron chi connectivity index (χ4n) is 2.32. The Morgan fingerprint density at radius 2 is 2.17 bits per heavy atom. The van der Waals surface area contributed by atoms with E-state index in [0.29, 0.717) is 6.04 Å². The summed E-state index contributed by atoms with van der Waals surface area (Å²) in [6, 6.07) is 0.287. The number of hydrogen-bond donors (Lipinski definition) is 2. The normalized spacial score (nSPS) is 17.9. The third-order valence-electron chi connectivity index (χ3n) is 3.66. The van der Waals surface area contributed by atoms with Crippen LogP contribution in [0.25, 0.3) is 0 Å². The van der Waals surface area contributed by atoms with Gasteiger partial charge in [0.15, 0.2) is 0 Å². The number of carbonyl (C=O) groups excluding carboxylic acids is 1. The van der Waals surface area contributed by atoms with Crippen LogP contribution in [0.5, 0.6) is 0 Å². The van der Waals surface area contributed by atoms with Crippen molar-refractivity contribution < 1.29 is 4.79 Å². The highest BCUT2D eigenvalue weighted by Gasteiger charge is 2.20. The number of hydrogen-bond acceptors (Lipinski definition) is 3. The number of rotatable bonds is 5. The molecule has 0 aliphatic heterocycles. The summed E-state index contributed by atoms with van der Waals surface area (Å²) in [6.45, 7) is 4.82. The van der Waals surface area contributed by atoms with E-state index in [0.717, 1.165) is 19.4 Å². The fourth-order valence-corrected chi connectivity index (χ4v) is 3.18. The molecule has 0 spiro atoms. The maximum atomic E-state index is 12.0. The lowest BCUT2D eigenvalue weighted by Gasteiger charge is -2.17. The number of carbonyl (C=O) groups is 1. The second kappa shape index (κ2) is 6.34. The van der Waals surface area contributed by atoms with Gasteiger partial charge in [-0.3, -0.25) is 4.79 Å².